The van der Waals surface area contributed by atoms with Crippen LogP contribution in [0.15, 0.2) is 37.7 Å². The van der Waals surface area contributed by atoms with E-state index in [9.17, 15) is 47.9 Å². The molecule has 130 heavy (non-hydrogen) atoms. The molecule has 1 aromatic rings. The number of hydrogen-bond donors (Lipinski definition) is 0. The van der Waals surface area contributed by atoms with Gasteiger partial charge < -0.3 is 94.3 Å². The summed E-state index contributed by atoms with van der Waals surface area (Å²) in [7, 11) is 10.5. The van der Waals surface area contributed by atoms with Crippen molar-refractivity contribution in [3.8, 4) is 0 Å². The van der Waals surface area contributed by atoms with Gasteiger partial charge >= 0.3 is 59.5 Å². The maximum Gasteiger partial charge on any atom is 0.519 e. The van der Waals surface area contributed by atoms with Crippen molar-refractivity contribution in [2.45, 2.75) is 345 Å². The number of carbonyl (C=O) groups excluding carboxylic acids is 9. The predicted molar refractivity (Wildman–Crippen MR) is 512 cm³/mol. The van der Waals surface area contributed by atoms with Crippen LogP contribution >= 0.6 is 0 Å². The number of unbranched alkanes of at least 4 members (excludes halogenated alkanes) is 8. The van der Waals surface area contributed by atoms with Gasteiger partial charge in [-0.05, 0) is 278 Å². The molecule has 0 atom stereocenters. The summed E-state index contributed by atoms with van der Waals surface area (Å²) in [5.74, 6) is 0.480. The van der Waals surface area contributed by atoms with Gasteiger partial charge in [0.05, 0.1) is 108 Å². The third kappa shape index (κ3) is 94.2. The zero-order chi connectivity index (χ0) is 103. The molecule has 0 saturated heterocycles. The number of nitrogens with zero attached hydrogens (tertiary/aromatic N) is 1. The minimum Gasteiger partial charge on any atom is -0.465 e. The van der Waals surface area contributed by atoms with Gasteiger partial charge in [0.1, 0.15) is 31.3 Å². The second-order valence-electron chi connectivity index (χ2n) is 41.5. The first-order chi connectivity index (χ1) is 59.4. The summed E-state index contributed by atoms with van der Waals surface area (Å²) in [5.41, 5.74) is -3.45. The third-order valence-electron chi connectivity index (χ3n) is 15.9. The van der Waals surface area contributed by atoms with Gasteiger partial charge in [0, 0.05) is 74.3 Å². The van der Waals surface area contributed by atoms with Gasteiger partial charge in [0.2, 0.25) is 0 Å². The summed E-state index contributed by atoms with van der Waals surface area (Å²) in [6.07, 6.45) is 15.3. The summed E-state index contributed by atoms with van der Waals surface area (Å²) in [5, 5.41) is 0. The molecule has 0 N–H and O–H groups in total. The molecule has 0 radical (unpaired) electrons. The Morgan fingerprint density at radius 2 is 0.562 bits per heavy atom. The van der Waals surface area contributed by atoms with E-state index < -0.39 is 27.5 Å². The van der Waals surface area contributed by atoms with Crippen molar-refractivity contribution in [1.82, 2.24) is 4.90 Å². The topological polar surface area (TPSA) is 357 Å². The SMILES string of the molecule is C=C1OC(C)=C(CC(C)(C)C)O1.CCCCCCOC(=O)C(C)(C)C.CCCCCOC(=O)C(C)(C)C.CCCOCCOC(=O)C(C)(C)C.CN(C)CCOC(=O)C(C)(C)C.COCCCCCOC(=O)C(C)(C)C.COCCCCOC(=O)C(C)(C)C.COCCCOC(=O)C(C)(C)C.COCCOCCOC(=O)C(C)(C)C.Cc1oc(=O)oc1COC(=O)C(C)(C)C. The van der Waals surface area contributed by atoms with E-state index in [1.807, 2.05) is 199 Å². The normalized spacial score (nSPS) is 12.0. The largest absolute Gasteiger partial charge is 0.519 e. The molecule has 1 aliphatic rings. The number of methoxy groups -OCH3 is 4. The van der Waals surface area contributed by atoms with Gasteiger partial charge in [-0.3, -0.25) is 43.2 Å². The summed E-state index contributed by atoms with van der Waals surface area (Å²) < 4.78 is 94.8. The highest BCUT2D eigenvalue weighted by molar-refractivity contribution is 5.78. The number of rotatable bonds is 41. The molecule has 0 bridgehead atoms. The Bertz CT molecular complexity index is 3020. The van der Waals surface area contributed by atoms with E-state index >= 15 is 0 Å². The van der Waals surface area contributed by atoms with Crippen LogP contribution in [0.4, 0.5) is 0 Å². The Labute approximate surface area is 787 Å². The van der Waals surface area contributed by atoms with Crippen LogP contribution < -0.4 is 5.82 Å². The highest BCUT2D eigenvalue weighted by atomic mass is 16.7. The number of hydrogen-bond acceptors (Lipinski definition) is 30. The highest BCUT2D eigenvalue weighted by Gasteiger charge is 2.30. The van der Waals surface area contributed by atoms with Crippen LogP contribution in [0.25, 0.3) is 0 Å². The molecule has 0 fully saturated rings. The van der Waals surface area contributed by atoms with Crippen LogP contribution in [-0.2, 0) is 130 Å². The van der Waals surface area contributed by atoms with Crippen LogP contribution in [0.3, 0.4) is 0 Å². The van der Waals surface area contributed by atoms with Crippen molar-refractivity contribution < 1.29 is 133 Å². The average Bonchev–Trinajstić information content (AvgIpc) is 1.73. The standard InChI is InChI=1S/C11H22O3.C11H22O2.C10H14O5.C10H20O4.2C10H20O3.C10H16O2.C10H20O2.C9H19NO2.C9H18O3/c1-11(2,3)10(12)14-9-7-5-6-8-13-4;1-5-6-7-8-9-13-10(12)11(2,3)4;1-6-7(15-9(12)14-6)5-13-8(11)10(2,3)4;1-10(2,3)9(11)14-8-7-13-6-5-12-4;1-10(2,3)9(11)13-8-6-5-7-12-4;1-5-6-12-7-8-13-9(11)10(2,3)4;1-7-9(6-10(3,4)5)12-8(2)11-7;1-5-6-7-8-12-9(11)10(2,3)4;1-9(2,3)8(11)12-7-6-10(4)5;1-9(2,3)8(10)12-7-5-6-11-4/h5-9H2,1-4H3;5-9H2,1-4H3;5H2,1-4H3;5-8H2,1-4H3;2*5-8H2,1-4H3;2,6H2,1,3-5H3;5-8H2,1-4H3;6-7H2,1-5H3;5-7H2,1-4H3. The van der Waals surface area contributed by atoms with Gasteiger partial charge in [-0.1, -0.05) is 73.6 Å². The van der Waals surface area contributed by atoms with Crippen molar-refractivity contribution >= 4 is 53.7 Å². The first-order valence-corrected chi connectivity index (χ1v) is 46.0. The molecule has 0 aromatic carbocycles. The van der Waals surface area contributed by atoms with E-state index in [-0.39, 0.29) is 98.6 Å². The Kier molecular flexibility index (Phi) is 81.3. The molecule has 2 heterocycles. The van der Waals surface area contributed by atoms with Crippen molar-refractivity contribution in [2.75, 3.05) is 155 Å². The van der Waals surface area contributed by atoms with E-state index in [0.717, 1.165) is 121 Å². The van der Waals surface area contributed by atoms with Crippen LogP contribution in [0, 0.1) is 61.1 Å². The van der Waals surface area contributed by atoms with Gasteiger partial charge in [-0.2, -0.15) is 0 Å². The molecular formula is C100H191NO29. The number of ether oxygens (including phenoxy) is 17. The second-order valence-corrected chi connectivity index (χ2v) is 41.5. The molecule has 30 heteroatoms. The van der Waals surface area contributed by atoms with E-state index in [0.29, 0.717) is 97.6 Å². The average molecular weight is 1870 g/mol. The molecule has 1 aromatic heterocycles. The minimum atomic E-state index is -0.783. The van der Waals surface area contributed by atoms with Crippen molar-refractivity contribution in [1.29, 1.82) is 0 Å². The van der Waals surface area contributed by atoms with Crippen LogP contribution in [0.1, 0.15) is 343 Å². The Hall–Kier alpha value is -6.96. The highest BCUT2D eigenvalue weighted by Crippen LogP contribution is 2.33. The molecule has 2 rings (SSSR count). The lowest BCUT2D eigenvalue weighted by molar-refractivity contribution is -0.155. The summed E-state index contributed by atoms with van der Waals surface area (Å²) >= 11 is 0. The zero-order valence-electron chi connectivity index (χ0n) is 89.8. The van der Waals surface area contributed by atoms with Crippen LogP contribution in [0.5, 0.6) is 0 Å². The molecule has 0 spiro atoms. The van der Waals surface area contributed by atoms with E-state index in [1.54, 1.807) is 56.1 Å². The molecule has 770 valence electrons. The Balaban J connectivity index is -0.000000212. The first kappa shape index (κ1) is 138. The summed E-state index contributed by atoms with van der Waals surface area (Å²) in [4.78, 5) is 114. The zero-order valence-corrected chi connectivity index (χ0v) is 89.8. The van der Waals surface area contributed by atoms with Crippen molar-refractivity contribution in [2.24, 2.45) is 54.1 Å². The predicted octanol–water partition coefficient (Wildman–Crippen LogP) is 21.1. The molecule has 0 unspecified atom stereocenters. The van der Waals surface area contributed by atoms with Gasteiger partial charge in [0.15, 0.2) is 18.1 Å². The molecule has 1 aliphatic heterocycles. The van der Waals surface area contributed by atoms with E-state index in [1.165, 1.54) is 12.8 Å². The molecule has 0 aliphatic carbocycles. The third-order valence-corrected chi connectivity index (χ3v) is 15.9. The molecular weight excluding hydrogens is 1680 g/mol. The second kappa shape index (κ2) is 76.3. The smallest absolute Gasteiger partial charge is 0.465 e. The number of aryl methyl sites for hydroxylation is 1. The maximum absolute atomic E-state index is 11.4. The monoisotopic (exact) mass is 1870 g/mol. The van der Waals surface area contributed by atoms with Gasteiger partial charge in [-0.15, -0.1) is 0 Å². The Morgan fingerprint density at radius 1 is 0.300 bits per heavy atom. The lowest BCUT2D eigenvalue weighted by Crippen LogP contribution is -2.27. The number of likely N-dealkylation sites (N-methyl/N-ethyl adjacent to an activating group) is 1. The Morgan fingerprint density at radius 3 is 0.846 bits per heavy atom. The van der Waals surface area contributed by atoms with Crippen LogP contribution in [-0.4, -0.2) is 213 Å². The van der Waals surface area contributed by atoms with Crippen molar-refractivity contribution in [3.05, 3.63) is 46.2 Å². The number of esters is 9. The summed E-state index contributed by atoms with van der Waals surface area (Å²) in [6.45, 7) is 78.9. The summed E-state index contributed by atoms with van der Waals surface area (Å²) in [6, 6.07) is 0. The lowest BCUT2D eigenvalue weighted by Gasteiger charge is -2.17. The molecule has 0 amide bonds. The fourth-order valence-electron chi connectivity index (χ4n) is 7.67. The molecule has 0 saturated carbocycles. The fraction of sp³-hybridized carbons (Fsp3) is 0.840. The fourth-order valence-corrected chi connectivity index (χ4v) is 7.67. The maximum atomic E-state index is 11.4. The van der Waals surface area contributed by atoms with E-state index in [2.05, 4.69) is 50.0 Å². The van der Waals surface area contributed by atoms with Gasteiger partial charge in [-0.25, -0.2) is 4.79 Å². The van der Waals surface area contributed by atoms with E-state index in [4.69, 9.17) is 80.5 Å². The minimum absolute atomic E-state index is 0.0757. The van der Waals surface area contributed by atoms with Gasteiger partial charge in [0.25, 0.3) is 5.95 Å². The molecule has 30 nitrogen and oxygen atoms in total. The first-order valence-electron chi connectivity index (χ1n) is 46.0. The van der Waals surface area contributed by atoms with Crippen LogP contribution in [0.2, 0.25) is 0 Å². The number of allylic oxidation sites excluding steroid dienone is 2. The number of carbonyl (C=O) groups is 9. The lowest BCUT2D eigenvalue weighted by atomic mass is 9.91. The quantitative estimate of drug-likeness (QED) is 0.0334. The van der Waals surface area contributed by atoms with Crippen molar-refractivity contribution in [3.63, 3.8) is 0 Å².